The van der Waals surface area contributed by atoms with Gasteiger partial charge in [0.25, 0.3) is 0 Å². The number of hydrogen-bond acceptors (Lipinski definition) is 4. The molecule has 0 spiro atoms. The molecule has 0 bridgehead atoms. The second-order valence-corrected chi connectivity index (χ2v) is 10.2. The molecule has 0 aliphatic carbocycles. The Morgan fingerprint density at radius 3 is 1.07 bits per heavy atom. The summed E-state index contributed by atoms with van der Waals surface area (Å²) in [6.07, 6.45) is 11.2. The molecular weight excluding hydrogens is 368 g/mol. The summed E-state index contributed by atoms with van der Waals surface area (Å²) < 4.78 is 12.2. The molecule has 0 saturated heterocycles. The summed E-state index contributed by atoms with van der Waals surface area (Å²) >= 11 is 0. The molecule has 0 atom stereocenters. The van der Waals surface area contributed by atoms with Crippen molar-refractivity contribution >= 4 is 11.9 Å². The molecule has 0 N–H and O–H groups in total. The van der Waals surface area contributed by atoms with E-state index in [2.05, 4.69) is 42.3 Å². The first-order valence-electron chi connectivity index (χ1n) is 11.4. The summed E-state index contributed by atoms with van der Waals surface area (Å²) in [5.41, 5.74) is 0. The summed E-state index contributed by atoms with van der Waals surface area (Å²) in [6.45, 7) is 2.72. The minimum atomic E-state index is -0.0607. The number of carbonyl (C=O) groups excluding carboxylic acids is 2. The van der Waals surface area contributed by atoms with Crippen LogP contribution in [0.4, 0.5) is 0 Å². The summed E-state index contributed by atoms with van der Waals surface area (Å²) in [6, 6.07) is 0. The Hall–Kier alpha value is -1.14. The van der Waals surface area contributed by atoms with E-state index in [-0.39, 0.29) is 11.9 Å². The highest BCUT2D eigenvalue weighted by molar-refractivity contribution is 5.69. The van der Waals surface area contributed by atoms with Crippen LogP contribution in [0.3, 0.4) is 0 Å². The molecular formula is C23H48N2O4+2. The van der Waals surface area contributed by atoms with Crippen LogP contribution >= 0.6 is 0 Å². The lowest BCUT2D eigenvalue weighted by Gasteiger charge is -2.23. The maximum atomic E-state index is 11.7. The van der Waals surface area contributed by atoms with E-state index in [4.69, 9.17) is 9.47 Å². The molecule has 0 aliphatic rings. The first-order valence-corrected chi connectivity index (χ1v) is 11.4. The zero-order valence-corrected chi connectivity index (χ0v) is 20.1. The maximum absolute atomic E-state index is 11.7. The Morgan fingerprint density at radius 1 is 0.517 bits per heavy atom. The number of ether oxygens (including phenoxy) is 2. The zero-order valence-electron chi connectivity index (χ0n) is 20.1. The summed E-state index contributed by atoms with van der Waals surface area (Å²) in [7, 11) is 12.6. The van der Waals surface area contributed by atoms with Crippen LogP contribution in [0.15, 0.2) is 0 Å². The van der Waals surface area contributed by atoms with E-state index in [1.807, 2.05) is 0 Å². The first-order chi connectivity index (χ1) is 13.5. The first kappa shape index (κ1) is 27.9. The summed E-state index contributed by atoms with van der Waals surface area (Å²) in [5.74, 6) is -0.121. The van der Waals surface area contributed by atoms with Crippen molar-refractivity contribution in [2.75, 3.05) is 68.6 Å². The van der Waals surface area contributed by atoms with Gasteiger partial charge >= 0.3 is 11.9 Å². The third-order valence-corrected chi connectivity index (χ3v) is 4.81. The highest BCUT2D eigenvalue weighted by Crippen LogP contribution is 2.12. The number of hydrogen-bond donors (Lipinski definition) is 0. The van der Waals surface area contributed by atoms with Crippen molar-refractivity contribution in [3.05, 3.63) is 0 Å². The molecule has 0 amide bonds. The molecule has 0 saturated carbocycles. The van der Waals surface area contributed by atoms with Crippen LogP contribution in [0, 0.1) is 0 Å². The van der Waals surface area contributed by atoms with Crippen LogP contribution in [0.5, 0.6) is 0 Å². The largest absolute Gasteiger partial charge is 0.460 e. The third kappa shape index (κ3) is 23.0. The zero-order chi connectivity index (χ0) is 22.2. The minimum Gasteiger partial charge on any atom is -0.460 e. The van der Waals surface area contributed by atoms with Crippen molar-refractivity contribution in [3.63, 3.8) is 0 Å². The lowest BCUT2D eigenvalue weighted by atomic mass is 10.1. The van der Waals surface area contributed by atoms with Crippen LogP contribution in [0.2, 0.25) is 0 Å². The van der Waals surface area contributed by atoms with Crippen molar-refractivity contribution < 1.29 is 28.0 Å². The molecule has 0 fully saturated rings. The Kier molecular flexibility index (Phi) is 15.1. The van der Waals surface area contributed by atoms with Gasteiger partial charge in [-0.3, -0.25) is 9.59 Å². The van der Waals surface area contributed by atoms with Gasteiger partial charge in [0, 0.05) is 12.8 Å². The van der Waals surface area contributed by atoms with E-state index in [1.54, 1.807) is 0 Å². The molecule has 172 valence electrons. The fraction of sp³-hybridized carbons (Fsp3) is 0.913. The molecule has 0 aliphatic heterocycles. The number of quaternary nitrogens is 2. The van der Waals surface area contributed by atoms with Gasteiger partial charge in [-0.15, -0.1) is 0 Å². The molecule has 0 radical (unpaired) electrons. The number of likely N-dealkylation sites (N-methyl/N-ethyl adjacent to an activating group) is 2. The van der Waals surface area contributed by atoms with Crippen molar-refractivity contribution in [1.82, 2.24) is 0 Å². The Morgan fingerprint density at radius 2 is 0.793 bits per heavy atom. The van der Waals surface area contributed by atoms with Gasteiger partial charge < -0.3 is 18.4 Å². The quantitative estimate of drug-likeness (QED) is 0.194. The lowest BCUT2D eigenvalue weighted by molar-refractivity contribution is -0.870. The van der Waals surface area contributed by atoms with Gasteiger partial charge in [0.2, 0.25) is 0 Å². The number of unbranched alkanes of at least 4 members (excludes halogenated alkanes) is 8. The predicted molar refractivity (Wildman–Crippen MR) is 119 cm³/mol. The average Bonchev–Trinajstić information content (AvgIpc) is 2.57. The fourth-order valence-electron chi connectivity index (χ4n) is 2.79. The van der Waals surface area contributed by atoms with Gasteiger partial charge in [-0.25, -0.2) is 0 Å². The van der Waals surface area contributed by atoms with Crippen LogP contribution in [-0.4, -0.2) is 89.5 Å². The SMILES string of the molecule is C[N+](C)(C)CCOC(=O)CCCCCCCCCCCC(=O)OCC[N+](C)(C)C. The van der Waals surface area contributed by atoms with Gasteiger partial charge in [-0.05, 0) is 12.8 Å². The van der Waals surface area contributed by atoms with Crippen molar-refractivity contribution in [2.45, 2.75) is 70.6 Å². The van der Waals surface area contributed by atoms with E-state index in [0.717, 1.165) is 47.7 Å². The predicted octanol–water partition coefficient (Wildman–Crippen LogP) is 3.78. The number of nitrogens with zero attached hydrogens (tertiary/aromatic N) is 2. The maximum Gasteiger partial charge on any atom is 0.305 e. The molecule has 0 unspecified atom stereocenters. The molecule has 6 heteroatoms. The Balaban J connectivity index is 3.33. The highest BCUT2D eigenvalue weighted by Gasteiger charge is 2.10. The molecule has 29 heavy (non-hydrogen) atoms. The molecule has 0 heterocycles. The van der Waals surface area contributed by atoms with E-state index in [9.17, 15) is 9.59 Å². The number of esters is 2. The third-order valence-electron chi connectivity index (χ3n) is 4.81. The van der Waals surface area contributed by atoms with Crippen molar-refractivity contribution in [1.29, 1.82) is 0 Å². The standard InChI is InChI=1S/C23H48N2O4/c1-24(2,3)18-20-28-22(26)16-14-12-10-8-7-9-11-13-15-17-23(27)29-21-19-25(4,5)6/h7-21H2,1-6H3/q+2. The summed E-state index contributed by atoms with van der Waals surface area (Å²) in [4.78, 5) is 23.3. The molecule has 0 rings (SSSR count). The molecule has 0 aromatic carbocycles. The van der Waals surface area contributed by atoms with Gasteiger partial charge in [0.15, 0.2) is 0 Å². The Labute approximate surface area is 179 Å². The van der Waals surface area contributed by atoms with Gasteiger partial charge in [0.1, 0.15) is 26.3 Å². The lowest BCUT2D eigenvalue weighted by Crippen LogP contribution is -2.38. The number of carbonyl (C=O) groups is 2. The fourth-order valence-corrected chi connectivity index (χ4v) is 2.79. The van der Waals surface area contributed by atoms with Crippen LogP contribution in [0.1, 0.15) is 70.6 Å². The van der Waals surface area contributed by atoms with E-state index >= 15 is 0 Å². The van der Waals surface area contributed by atoms with Gasteiger partial charge in [-0.1, -0.05) is 44.9 Å². The van der Waals surface area contributed by atoms with Crippen molar-refractivity contribution in [3.8, 4) is 0 Å². The van der Waals surface area contributed by atoms with E-state index < -0.39 is 0 Å². The molecule has 0 aromatic heterocycles. The monoisotopic (exact) mass is 416 g/mol. The molecule has 0 aromatic rings. The topological polar surface area (TPSA) is 52.6 Å². The molecule has 6 nitrogen and oxygen atoms in total. The Bertz CT molecular complexity index is 399. The number of rotatable bonds is 18. The van der Waals surface area contributed by atoms with E-state index in [1.165, 1.54) is 32.1 Å². The van der Waals surface area contributed by atoms with Crippen molar-refractivity contribution in [2.24, 2.45) is 0 Å². The minimum absolute atomic E-state index is 0.0607. The van der Waals surface area contributed by atoms with Gasteiger partial charge in [0.05, 0.1) is 42.3 Å². The average molecular weight is 417 g/mol. The summed E-state index contributed by atoms with van der Waals surface area (Å²) in [5, 5.41) is 0. The van der Waals surface area contributed by atoms with Crippen LogP contribution in [-0.2, 0) is 19.1 Å². The smallest absolute Gasteiger partial charge is 0.305 e. The second kappa shape index (κ2) is 15.7. The normalized spacial score (nSPS) is 12.1. The van der Waals surface area contributed by atoms with E-state index in [0.29, 0.717) is 26.1 Å². The highest BCUT2D eigenvalue weighted by atomic mass is 16.5. The van der Waals surface area contributed by atoms with Crippen LogP contribution < -0.4 is 0 Å². The second-order valence-electron chi connectivity index (χ2n) is 10.2. The van der Waals surface area contributed by atoms with Gasteiger partial charge in [-0.2, -0.15) is 0 Å². The van der Waals surface area contributed by atoms with Crippen LogP contribution in [0.25, 0.3) is 0 Å².